The minimum absolute atomic E-state index is 0.291. The van der Waals surface area contributed by atoms with Crippen LogP contribution in [0.5, 0.6) is 0 Å². The summed E-state index contributed by atoms with van der Waals surface area (Å²) < 4.78 is 0. The Morgan fingerprint density at radius 1 is 0.871 bits per heavy atom. The number of aliphatic hydroxyl groups excluding tert-OH is 1. The first kappa shape index (κ1) is 28.1. The second-order valence-corrected chi connectivity index (χ2v) is 7.35. The van der Waals surface area contributed by atoms with Gasteiger partial charge in [-0.2, -0.15) is 11.8 Å². The van der Waals surface area contributed by atoms with Crippen LogP contribution in [0.1, 0.15) is 19.3 Å². The van der Waals surface area contributed by atoms with Crippen molar-refractivity contribution in [2.45, 2.75) is 43.4 Å². The minimum Gasteiger partial charge on any atom is -0.481 e. The van der Waals surface area contributed by atoms with Gasteiger partial charge in [0, 0.05) is 0 Å². The average molecular weight is 465 g/mol. The van der Waals surface area contributed by atoms with E-state index in [0.29, 0.717) is 12.2 Å². The van der Waals surface area contributed by atoms with E-state index in [0.717, 1.165) is 0 Å². The summed E-state index contributed by atoms with van der Waals surface area (Å²) in [5, 5.41) is 33.2. The summed E-state index contributed by atoms with van der Waals surface area (Å²) in [6, 6.07) is -5.99. The molecule has 0 aliphatic rings. The van der Waals surface area contributed by atoms with Crippen molar-refractivity contribution >= 4 is 47.3 Å². The topological polar surface area (TPSA) is 251 Å². The standard InChI is InChI=1S/C16H27N5O9S/c1-31-3-2-7(17)13(26)19-8(4-11(18)23)14(27)21-10(6-22)15(28)20-9(16(29)30)5-12(24)25/h7-10,22H,2-6,17H2,1H3,(H2,18,23)(H,19,26)(H,20,28)(H,21,27)(H,24,25)(H,29,30). The van der Waals surface area contributed by atoms with Crippen LogP contribution in [0.2, 0.25) is 0 Å². The fraction of sp³-hybridized carbons (Fsp3) is 0.625. The quantitative estimate of drug-likeness (QED) is 0.115. The van der Waals surface area contributed by atoms with Gasteiger partial charge in [-0.3, -0.25) is 24.0 Å². The number of hydrogen-bond donors (Lipinski definition) is 8. The Labute approximate surface area is 181 Å². The zero-order chi connectivity index (χ0) is 24.1. The highest BCUT2D eigenvalue weighted by molar-refractivity contribution is 7.98. The van der Waals surface area contributed by atoms with E-state index < -0.39 is 79.2 Å². The van der Waals surface area contributed by atoms with E-state index in [2.05, 4.69) is 5.32 Å². The second-order valence-electron chi connectivity index (χ2n) is 6.36. The van der Waals surface area contributed by atoms with Crippen molar-refractivity contribution in [2.75, 3.05) is 18.6 Å². The number of carbonyl (C=O) groups excluding carboxylic acids is 4. The lowest BCUT2D eigenvalue weighted by molar-refractivity contribution is -0.147. The van der Waals surface area contributed by atoms with Gasteiger partial charge < -0.3 is 42.7 Å². The molecule has 0 bridgehead atoms. The Balaban J connectivity index is 5.23. The normalized spacial score (nSPS) is 14.4. The maximum atomic E-state index is 12.4. The Morgan fingerprint density at radius 3 is 1.84 bits per heavy atom. The SMILES string of the molecule is CSCCC(N)C(=O)NC(CC(N)=O)C(=O)NC(CO)C(=O)NC(CC(=O)O)C(=O)O. The van der Waals surface area contributed by atoms with Gasteiger partial charge in [0.1, 0.15) is 18.1 Å². The molecule has 15 heteroatoms. The van der Waals surface area contributed by atoms with Gasteiger partial charge in [0.15, 0.2) is 0 Å². The minimum atomic E-state index is -1.81. The van der Waals surface area contributed by atoms with Crippen LogP contribution in [0.15, 0.2) is 0 Å². The monoisotopic (exact) mass is 465 g/mol. The Kier molecular flexibility index (Phi) is 12.8. The number of rotatable bonds is 15. The molecule has 0 aromatic carbocycles. The Morgan fingerprint density at radius 2 is 1.39 bits per heavy atom. The van der Waals surface area contributed by atoms with Crippen LogP contribution in [0.3, 0.4) is 0 Å². The van der Waals surface area contributed by atoms with Crippen LogP contribution in [0, 0.1) is 0 Å². The molecular formula is C16H27N5O9S. The summed E-state index contributed by atoms with van der Waals surface area (Å²) in [5.41, 5.74) is 10.8. The summed E-state index contributed by atoms with van der Waals surface area (Å²) in [4.78, 5) is 69.7. The number of aliphatic carboxylic acids is 2. The number of carboxylic acids is 2. The lowest BCUT2D eigenvalue weighted by Crippen LogP contribution is -2.58. The van der Waals surface area contributed by atoms with Crippen LogP contribution in [0.4, 0.5) is 0 Å². The number of carbonyl (C=O) groups is 6. The number of aliphatic hydroxyl groups is 1. The number of thioether (sulfide) groups is 1. The first-order chi connectivity index (χ1) is 14.4. The molecule has 4 atom stereocenters. The maximum absolute atomic E-state index is 12.4. The number of primary amides is 1. The first-order valence-electron chi connectivity index (χ1n) is 8.92. The van der Waals surface area contributed by atoms with E-state index in [1.807, 2.05) is 10.6 Å². The van der Waals surface area contributed by atoms with Gasteiger partial charge >= 0.3 is 11.9 Å². The molecular weight excluding hydrogens is 438 g/mol. The van der Waals surface area contributed by atoms with Gasteiger partial charge in [-0.25, -0.2) is 4.79 Å². The maximum Gasteiger partial charge on any atom is 0.326 e. The summed E-state index contributed by atoms with van der Waals surface area (Å²) >= 11 is 1.44. The average Bonchev–Trinajstić information content (AvgIpc) is 2.67. The van der Waals surface area contributed by atoms with Gasteiger partial charge in [0.2, 0.25) is 23.6 Å². The molecule has 0 spiro atoms. The zero-order valence-electron chi connectivity index (χ0n) is 16.7. The van der Waals surface area contributed by atoms with E-state index >= 15 is 0 Å². The molecule has 4 amide bonds. The number of carboxylic acid groups (broad SMARTS) is 2. The van der Waals surface area contributed by atoms with Crippen molar-refractivity contribution in [3.63, 3.8) is 0 Å². The largest absolute Gasteiger partial charge is 0.481 e. The van der Waals surface area contributed by atoms with Crippen molar-refractivity contribution in [3.8, 4) is 0 Å². The predicted molar refractivity (Wildman–Crippen MR) is 108 cm³/mol. The third-order valence-corrected chi connectivity index (χ3v) is 4.46. The van der Waals surface area contributed by atoms with Gasteiger partial charge in [-0.15, -0.1) is 0 Å². The predicted octanol–water partition coefficient (Wildman–Crippen LogP) is -4.05. The van der Waals surface area contributed by atoms with Crippen molar-refractivity contribution in [3.05, 3.63) is 0 Å². The highest BCUT2D eigenvalue weighted by Gasteiger charge is 2.31. The Bertz CT molecular complexity index is 690. The van der Waals surface area contributed by atoms with E-state index in [-0.39, 0.29) is 0 Å². The van der Waals surface area contributed by atoms with Gasteiger partial charge in [0.05, 0.1) is 25.5 Å². The number of nitrogens with one attached hydrogen (secondary N) is 3. The summed E-state index contributed by atoms with van der Waals surface area (Å²) in [7, 11) is 0. The molecule has 0 heterocycles. The highest BCUT2D eigenvalue weighted by Crippen LogP contribution is 2.01. The molecule has 0 saturated heterocycles. The van der Waals surface area contributed by atoms with Crippen molar-refractivity contribution in [2.24, 2.45) is 11.5 Å². The summed E-state index contributed by atoms with van der Waals surface area (Å²) in [6.07, 6.45) is 0.518. The summed E-state index contributed by atoms with van der Waals surface area (Å²) in [5.74, 6) is -6.52. The molecule has 0 fully saturated rings. The highest BCUT2D eigenvalue weighted by atomic mass is 32.2. The molecule has 0 radical (unpaired) electrons. The molecule has 0 saturated carbocycles. The van der Waals surface area contributed by atoms with Gasteiger partial charge in [-0.1, -0.05) is 0 Å². The van der Waals surface area contributed by atoms with Crippen LogP contribution in [0.25, 0.3) is 0 Å². The van der Waals surface area contributed by atoms with Gasteiger partial charge in [-0.05, 0) is 18.4 Å². The molecule has 176 valence electrons. The fourth-order valence-corrected chi connectivity index (χ4v) is 2.67. The van der Waals surface area contributed by atoms with Crippen LogP contribution >= 0.6 is 11.8 Å². The third kappa shape index (κ3) is 11.2. The van der Waals surface area contributed by atoms with Crippen LogP contribution in [-0.4, -0.2) is 93.7 Å². The molecule has 0 aromatic heterocycles. The third-order valence-electron chi connectivity index (χ3n) is 3.82. The van der Waals surface area contributed by atoms with Crippen molar-refractivity contribution < 1.29 is 44.1 Å². The molecule has 31 heavy (non-hydrogen) atoms. The molecule has 0 aromatic rings. The molecule has 4 unspecified atom stereocenters. The fourth-order valence-electron chi connectivity index (χ4n) is 2.18. The van der Waals surface area contributed by atoms with Crippen LogP contribution in [-0.2, 0) is 28.8 Å². The summed E-state index contributed by atoms with van der Waals surface area (Å²) in [6.45, 7) is -0.985. The number of nitrogens with two attached hydrogens (primary N) is 2. The number of hydrogen-bond acceptors (Lipinski definition) is 9. The number of amides is 4. The molecule has 0 aliphatic carbocycles. The molecule has 14 nitrogen and oxygen atoms in total. The van der Waals surface area contributed by atoms with E-state index in [9.17, 15) is 33.9 Å². The van der Waals surface area contributed by atoms with Crippen molar-refractivity contribution in [1.82, 2.24) is 16.0 Å². The van der Waals surface area contributed by atoms with Gasteiger partial charge in [0.25, 0.3) is 0 Å². The zero-order valence-corrected chi connectivity index (χ0v) is 17.5. The first-order valence-corrected chi connectivity index (χ1v) is 10.3. The van der Waals surface area contributed by atoms with Crippen LogP contribution < -0.4 is 27.4 Å². The van der Waals surface area contributed by atoms with E-state index in [1.54, 1.807) is 6.26 Å². The molecule has 10 N–H and O–H groups in total. The van der Waals surface area contributed by atoms with E-state index in [1.165, 1.54) is 11.8 Å². The molecule has 0 aliphatic heterocycles. The van der Waals surface area contributed by atoms with Crippen molar-refractivity contribution in [1.29, 1.82) is 0 Å². The van der Waals surface area contributed by atoms with E-state index in [4.69, 9.17) is 21.7 Å². The lowest BCUT2D eigenvalue weighted by atomic mass is 10.1. The smallest absolute Gasteiger partial charge is 0.326 e. The molecule has 0 rings (SSSR count). The lowest BCUT2D eigenvalue weighted by Gasteiger charge is -2.23. The second kappa shape index (κ2) is 14.2. The Hall–Kier alpha value is -2.91.